The first-order valence-electron chi connectivity index (χ1n) is 10.2. The van der Waals surface area contributed by atoms with Crippen LogP contribution in [0.15, 0.2) is 30.3 Å². The zero-order chi connectivity index (χ0) is 21.0. The quantitative estimate of drug-likeness (QED) is 0.814. The molecule has 6 nitrogen and oxygen atoms in total. The van der Waals surface area contributed by atoms with Gasteiger partial charge in [0.15, 0.2) is 0 Å². The number of carbonyl (C=O) groups excluding carboxylic acids is 1. The van der Waals surface area contributed by atoms with Gasteiger partial charge in [-0.2, -0.15) is 0 Å². The van der Waals surface area contributed by atoms with E-state index in [-0.39, 0.29) is 11.9 Å². The van der Waals surface area contributed by atoms with Gasteiger partial charge in [0.25, 0.3) is 5.91 Å². The van der Waals surface area contributed by atoms with Crippen molar-refractivity contribution in [1.82, 2.24) is 15.2 Å². The molecule has 0 saturated heterocycles. The van der Waals surface area contributed by atoms with Gasteiger partial charge in [0.2, 0.25) is 0 Å². The lowest BCUT2D eigenvalue weighted by atomic mass is 10.0. The first-order chi connectivity index (χ1) is 13.9. The zero-order valence-corrected chi connectivity index (χ0v) is 18.2. The van der Waals surface area contributed by atoms with Crippen molar-refractivity contribution in [3.8, 4) is 5.75 Å². The van der Waals surface area contributed by atoms with Gasteiger partial charge in [0, 0.05) is 51.9 Å². The molecule has 1 amide bonds. The SMILES string of the molecule is COc1cccc(CN2CCc3cc(C(=O)NC(C)C)c(N(C)C)nc3CC2)c1. The molecule has 1 aromatic heterocycles. The van der Waals surface area contributed by atoms with Crippen LogP contribution in [-0.4, -0.2) is 56.1 Å². The van der Waals surface area contributed by atoms with Crippen LogP contribution in [0.2, 0.25) is 0 Å². The minimum absolute atomic E-state index is 0.0588. The smallest absolute Gasteiger partial charge is 0.255 e. The maximum absolute atomic E-state index is 12.7. The topological polar surface area (TPSA) is 57.7 Å². The van der Waals surface area contributed by atoms with E-state index in [2.05, 4.69) is 22.3 Å². The van der Waals surface area contributed by atoms with Crippen LogP contribution in [0, 0.1) is 0 Å². The van der Waals surface area contributed by atoms with E-state index in [1.165, 1.54) is 11.1 Å². The van der Waals surface area contributed by atoms with Gasteiger partial charge >= 0.3 is 0 Å². The largest absolute Gasteiger partial charge is 0.497 e. The second-order valence-electron chi connectivity index (χ2n) is 8.12. The average molecular weight is 397 g/mol. The summed E-state index contributed by atoms with van der Waals surface area (Å²) in [7, 11) is 5.57. The van der Waals surface area contributed by atoms with Crippen molar-refractivity contribution in [2.45, 2.75) is 39.3 Å². The summed E-state index contributed by atoms with van der Waals surface area (Å²) in [5, 5.41) is 3.00. The molecule has 0 spiro atoms. The number of nitrogens with one attached hydrogen (secondary N) is 1. The van der Waals surface area contributed by atoms with Crippen LogP contribution in [0.25, 0.3) is 0 Å². The second-order valence-corrected chi connectivity index (χ2v) is 8.12. The number of aromatic nitrogens is 1. The second kappa shape index (κ2) is 9.27. The van der Waals surface area contributed by atoms with E-state index in [4.69, 9.17) is 9.72 Å². The number of nitrogens with zero attached hydrogens (tertiary/aromatic N) is 3. The molecular weight excluding hydrogens is 364 g/mol. The van der Waals surface area contributed by atoms with Crippen molar-refractivity contribution in [3.05, 3.63) is 52.7 Å². The van der Waals surface area contributed by atoms with Crippen LogP contribution in [0.3, 0.4) is 0 Å². The van der Waals surface area contributed by atoms with Crippen LogP contribution in [0.1, 0.15) is 41.0 Å². The lowest BCUT2D eigenvalue weighted by molar-refractivity contribution is 0.0943. The number of hydrogen-bond donors (Lipinski definition) is 1. The number of anilines is 1. The van der Waals surface area contributed by atoms with Crippen LogP contribution in [-0.2, 0) is 19.4 Å². The fourth-order valence-electron chi connectivity index (χ4n) is 3.70. The van der Waals surface area contributed by atoms with E-state index >= 15 is 0 Å². The Hall–Kier alpha value is -2.60. The number of carbonyl (C=O) groups is 1. The first kappa shape index (κ1) is 21.1. The summed E-state index contributed by atoms with van der Waals surface area (Å²) in [4.78, 5) is 22.0. The molecule has 156 valence electrons. The van der Waals surface area contributed by atoms with Gasteiger partial charge in [-0.15, -0.1) is 0 Å². The molecule has 1 aromatic carbocycles. The fourth-order valence-corrected chi connectivity index (χ4v) is 3.70. The number of benzene rings is 1. The number of pyridine rings is 1. The number of ether oxygens (including phenoxy) is 1. The van der Waals surface area contributed by atoms with E-state index in [1.807, 2.05) is 51.0 Å². The van der Waals surface area contributed by atoms with Crippen molar-refractivity contribution in [2.75, 3.05) is 39.2 Å². The summed E-state index contributed by atoms with van der Waals surface area (Å²) in [5.74, 6) is 1.57. The highest BCUT2D eigenvalue weighted by atomic mass is 16.5. The summed E-state index contributed by atoms with van der Waals surface area (Å²) in [6.45, 7) is 6.72. The number of amides is 1. The lowest BCUT2D eigenvalue weighted by Crippen LogP contribution is -2.32. The molecule has 2 heterocycles. The molecule has 3 rings (SSSR count). The molecule has 1 N–H and O–H groups in total. The highest BCUT2D eigenvalue weighted by Gasteiger charge is 2.22. The summed E-state index contributed by atoms with van der Waals surface area (Å²) in [5.41, 5.74) is 4.18. The predicted octanol–water partition coefficient (Wildman–Crippen LogP) is 2.90. The van der Waals surface area contributed by atoms with Crippen molar-refractivity contribution < 1.29 is 9.53 Å². The maximum atomic E-state index is 12.7. The molecule has 2 aromatic rings. The van der Waals surface area contributed by atoms with Crippen LogP contribution in [0.4, 0.5) is 5.82 Å². The number of fused-ring (bicyclic) bond motifs is 1. The van der Waals surface area contributed by atoms with Crippen molar-refractivity contribution in [3.63, 3.8) is 0 Å². The molecule has 1 aliphatic heterocycles. The molecule has 0 aliphatic carbocycles. The van der Waals surface area contributed by atoms with Gasteiger partial charge in [-0.05, 0) is 49.6 Å². The van der Waals surface area contributed by atoms with Crippen molar-refractivity contribution in [2.24, 2.45) is 0 Å². The lowest BCUT2D eigenvalue weighted by Gasteiger charge is -2.20. The summed E-state index contributed by atoms with van der Waals surface area (Å²) < 4.78 is 5.35. The standard InChI is InChI=1S/C23H32N4O2/c1-16(2)24-23(28)20-14-18-9-11-27(12-10-21(18)25-22(20)26(3)4)15-17-7-6-8-19(13-17)29-5/h6-8,13-14,16H,9-12,15H2,1-5H3,(H,24,28). The molecule has 1 aliphatic rings. The molecule has 29 heavy (non-hydrogen) atoms. The third-order valence-electron chi connectivity index (χ3n) is 5.16. The Morgan fingerprint density at radius 1 is 1.24 bits per heavy atom. The Morgan fingerprint density at radius 3 is 2.69 bits per heavy atom. The highest BCUT2D eigenvalue weighted by molar-refractivity contribution is 5.99. The van der Waals surface area contributed by atoms with Gasteiger partial charge in [0.05, 0.1) is 12.7 Å². The average Bonchev–Trinajstić information content (AvgIpc) is 2.88. The minimum atomic E-state index is -0.0588. The van der Waals surface area contributed by atoms with Crippen LogP contribution in [0.5, 0.6) is 5.75 Å². The Morgan fingerprint density at radius 2 is 2.00 bits per heavy atom. The third kappa shape index (κ3) is 5.26. The molecule has 0 fully saturated rings. The molecule has 0 radical (unpaired) electrons. The number of methoxy groups -OCH3 is 1. The molecule has 0 saturated carbocycles. The number of rotatable bonds is 6. The van der Waals surface area contributed by atoms with E-state index in [0.29, 0.717) is 5.56 Å². The highest BCUT2D eigenvalue weighted by Crippen LogP contribution is 2.24. The number of hydrogen-bond acceptors (Lipinski definition) is 5. The monoisotopic (exact) mass is 396 g/mol. The zero-order valence-electron chi connectivity index (χ0n) is 18.2. The van der Waals surface area contributed by atoms with E-state index < -0.39 is 0 Å². The fraction of sp³-hybridized carbons (Fsp3) is 0.478. The molecule has 0 unspecified atom stereocenters. The van der Waals surface area contributed by atoms with Gasteiger partial charge in [-0.25, -0.2) is 4.98 Å². The van der Waals surface area contributed by atoms with E-state index in [1.54, 1.807) is 7.11 Å². The third-order valence-corrected chi connectivity index (χ3v) is 5.16. The Kier molecular flexibility index (Phi) is 6.75. The summed E-state index contributed by atoms with van der Waals surface area (Å²) >= 11 is 0. The Bertz CT molecular complexity index is 864. The minimum Gasteiger partial charge on any atom is -0.497 e. The van der Waals surface area contributed by atoms with Crippen molar-refractivity contribution in [1.29, 1.82) is 0 Å². The molecular formula is C23H32N4O2. The maximum Gasteiger partial charge on any atom is 0.255 e. The Balaban J connectivity index is 1.80. The summed E-state index contributed by atoms with van der Waals surface area (Å²) in [6, 6.07) is 10.4. The van der Waals surface area contributed by atoms with Crippen LogP contribution < -0.4 is 15.0 Å². The summed E-state index contributed by atoms with van der Waals surface area (Å²) in [6.07, 6.45) is 1.77. The van der Waals surface area contributed by atoms with E-state index in [0.717, 1.165) is 49.7 Å². The van der Waals surface area contributed by atoms with Gasteiger partial charge < -0.3 is 15.0 Å². The van der Waals surface area contributed by atoms with E-state index in [9.17, 15) is 4.79 Å². The van der Waals surface area contributed by atoms with Gasteiger partial charge in [-0.3, -0.25) is 9.69 Å². The first-order valence-corrected chi connectivity index (χ1v) is 10.2. The van der Waals surface area contributed by atoms with Gasteiger partial charge in [-0.1, -0.05) is 12.1 Å². The van der Waals surface area contributed by atoms with Crippen molar-refractivity contribution >= 4 is 11.7 Å². The van der Waals surface area contributed by atoms with Gasteiger partial charge in [0.1, 0.15) is 11.6 Å². The molecule has 6 heteroatoms. The van der Waals surface area contributed by atoms with Crippen LogP contribution >= 0.6 is 0 Å². The molecule has 0 atom stereocenters. The normalized spacial score (nSPS) is 14.3. The Labute approximate surface area is 173 Å². The molecule has 0 bridgehead atoms. The predicted molar refractivity (Wildman–Crippen MR) is 117 cm³/mol.